The number of carbonyl (C=O) groups excluding carboxylic acids is 1. The topological polar surface area (TPSA) is 53.3 Å². The number of nitriles is 1. The number of ether oxygens (including phenoxy) is 1. The van der Waals surface area contributed by atoms with E-state index >= 15 is 0 Å². The molecule has 0 saturated carbocycles. The molecule has 0 saturated heterocycles. The number of hydrogen-bond donors (Lipinski definition) is 0. The molecule has 0 aliphatic carbocycles. The van der Waals surface area contributed by atoms with Crippen LogP contribution in [0.3, 0.4) is 0 Å². The number of amides is 1. The molecular formula is C15H20N2O2. The van der Waals surface area contributed by atoms with Crippen LogP contribution in [0, 0.1) is 18.3 Å². The molecule has 19 heavy (non-hydrogen) atoms. The Morgan fingerprint density at radius 2 is 2.05 bits per heavy atom. The maximum atomic E-state index is 12.1. The van der Waals surface area contributed by atoms with Gasteiger partial charge in [0.15, 0.2) is 6.10 Å². The van der Waals surface area contributed by atoms with E-state index in [0.29, 0.717) is 24.4 Å². The van der Waals surface area contributed by atoms with E-state index in [1.165, 1.54) is 0 Å². The van der Waals surface area contributed by atoms with Crippen LogP contribution in [-0.4, -0.2) is 30.0 Å². The second-order valence-corrected chi connectivity index (χ2v) is 4.36. The molecule has 0 heterocycles. The number of benzene rings is 1. The van der Waals surface area contributed by atoms with E-state index in [9.17, 15) is 4.79 Å². The lowest BCUT2D eigenvalue weighted by atomic mass is 10.1. The molecule has 1 rings (SSSR count). The van der Waals surface area contributed by atoms with E-state index in [-0.39, 0.29) is 5.91 Å². The maximum Gasteiger partial charge on any atom is 0.263 e. The summed E-state index contributed by atoms with van der Waals surface area (Å²) in [5.74, 6) is 0.554. The molecule has 1 atom stereocenters. The number of carbonyl (C=O) groups is 1. The van der Waals surface area contributed by atoms with Crippen LogP contribution in [0.15, 0.2) is 18.2 Å². The fourth-order valence-corrected chi connectivity index (χ4v) is 1.83. The second-order valence-electron chi connectivity index (χ2n) is 4.36. The summed E-state index contributed by atoms with van der Waals surface area (Å²) in [4.78, 5) is 13.8. The number of likely N-dealkylation sites (N-methyl/N-ethyl adjacent to an activating group) is 1. The van der Waals surface area contributed by atoms with Crippen LogP contribution in [0.5, 0.6) is 5.75 Å². The van der Waals surface area contributed by atoms with Crippen LogP contribution in [0.4, 0.5) is 0 Å². The van der Waals surface area contributed by atoms with Crippen molar-refractivity contribution in [1.29, 1.82) is 5.26 Å². The minimum Gasteiger partial charge on any atom is -0.481 e. The largest absolute Gasteiger partial charge is 0.481 e. The minimum atomic E-state index is -0.549. The summed E-state index contributed by atoms with van der Waals surface area (Å²) in [6, 6.07) is 7.29. The SMILES string of the molecule is CCN(CC)C(=O)C(C)Oc1cc(C#N)ccc1C. The molecule has 1 aromatic rings. The van der Waals surface area contributed by atoms with Crippen molar-refractivity contribution in [3.63, 3.8) is 0 Å². The summed E-state index contributed by atoms with van der Waals surface area (Å²) in [5.41, 5.74) is 1.45. The Morgan fingerprint density at radius 1 is 1.42 bits per heavy atom. The summed E-state index contributed by atoms with van der Waals surface area (Å²) in [7, 11) is 0. The predicted octanol–water partition coefficient (Wildman–Crippen LogP) is 2.50. The second kappa shape index (κ2) is 6.79. The Hall–Kier alpha value is -2.02. The first-order valence-electron chi connectivity index (χ1n) is 6.49. The van der Waals surface area contributed by atoms with E-state index in [1.807, 2.05) is 26.8 Å². The average Bonchev–Trinajstić information content (AvgIpc) is 2.42. The number of aryl methyl sites for hydroxylation is 1. The lowest BCUT2D eigenvalue weighted by molar-refractivity contribution is -0.137. The van der Waals surface area contributed by atoms with E-state index in [4.69, 9.17) is 10.00 Å². The van der Waals surface area contributed by atoms with Crippen LogP contribution in [0.2, 0.25) is 0 Å². The molecule has 1 unspecified atom stereocenters. The van der Waals surface area contributed by atoms with Gasteiger partial charge in [0.05, 0.1) is 11.6 Å². The van der Waals surface area contributed by atoms with Crippen LogP contribution >= 0.6 is 0 Å². The Bertz CT molecular complexity index is 487. The van der Waals surface area contributed by atoms with Gasteiger partial charge in [0.2, 0.25) is 0 Å². The third-order valence-corrected chi connectivity index (χ3v) is 3.04. The van der Waals surface area contributed by atoms with Crippen molar-refractivity contribution < 1.29 is 9.53 Å². The Balaban J connectivity index is 2.85. The molecule has 0 aliphatic rings. The standard InChI is InChI=1S/C15H20N2O2/c1-5-17(6-2)15(18)12(4)19-14-9-13(10-16)8-7-11(14)3/h7-9,12H,5-6H2,1-4H3. The summed E-state index contributed by atoms with van der Waals surface area (Å²) < 4.78 is 5.69. The average molecular weight is 260 g/mol. The van der Waals surface area contributed by atoms with Gasteiger partial charge < -0.3 is 9.64 Å². The molecule has 0 radical (unpaired) electrons. The maximum absolute atomic E-state index is 12.1. The lowest BCUT2D eigenvalue weighted by Crippen LogP contribution is -2.40. The van der Waals surface area contributed by atoms with Crippen LogP contribution in [0.1, 0.15) is 31.9 Å². The number of rotatable bonds is 5. The third kappa shape index (κ3) is 3.72. The van der Waals surface area contributed by atoms with Gasteiger partial charge in [0.25, 0.3) is 5.91 Å². The van der Waals surface area contributed by atoms with Gasteiger partial charge in [-0.15, -0.1) is 0 Å². The zero-order valence-corrected chi connectivity index (χ0v) is 11.9. The summed E-state index contributed by atoms with van der Waals surface area (Å²) in [6.45, 7) is 8.84. The molecular weight excluding hydrogens is 240 g/mol. The third-order valence-electron chi connectivity index (χ3n) is 3.04. The summed E-state index contributed by atoms with van der Waals surface area (Å²) in [6.07, 6.45) is -0.549. The summed E-state index contributed by atoms with van der Waals surface area (Å²) >= 11 is 0. The molecule has 0 bridgehead atoms. The summed E-state index contributed by atoms with van der Waals surface area (Å²) in [5, 5.41) is 8.88. The van der Waals surface area contributed by atoms with Crippen molar-refractivity contribution >= 4 is 5.91 Å². The molecule has 0 N–H and O–H groups in total. The molecule has 1 aromatic carbocycles. The normalized spacial score (nSPS) is 11.5. The van der Waals surface area contributed by atoms with Crippen LogP contribution in [-0.2, 0) is 4.79 Å². The predicted molar refractivity (Wildman–Crippen MR) is 73.9 cm³/mol. The van der Waals surface area contributed by atoms with Crippen molar-refractivity contribution in [1.82, 2.24) is 4.90 Å². The van der Waals surface area contributed by atoms with Gasteiger partial charge in [-0.05, 0) is 45.4 Å². The first-order chi connectivity index (χ1) is 9.03. The zero-order chi connectivity index (χ0) is 14.4. The van der Waals surface area contributed by atoms with Gasteiger partial charge in [0, 0.05) is 13.1 Å². The van der Waals surface area contributed by atoms with Crippen LogP contribution < -0.4 is 4.74 Å². The van der Waals surface area contributed by atoms with Crippen molar-refractivity contribution in [2.75, 3.05) is 13.1 Å². The van der Waals surface area contributed by atoms with Gasteiger partial charge in [-0.1, -0.05) is 6.07 Å². The van der Waals surface area contributed by atoms with E-state index in [1.54, 1.807) is 24.0 Å². The molecule has 4 nitrogen and oxygen atoms in total. The smallest absolute Gasteiger partial charge is 0.263 e. The monoisotopic (exact) mass is 260 g/mol. The molecule has 1 amide bonds. The van der Waals surface area contributed by atoms with Crippen molar-refractivity contribution in [2.45, 2.75) is 33.8 Å². The zero-order valence-electron chi connectivity index (χ0n) is 11.9. The Labute approximate surface area is 114 Å². The Morgan fingerprint density at radius 3 is 2.58 bits per heavy atom. The van der Waals surface area contributed by atoms with Gasteiger partial charge >= 0.3 is 0 Å². The van der Waals surface area contributed by atoms with Gasteiger partial charge in [0.1, 0.15) is 5.75 Å². The van der Waals surface area contributed by atoms with Crippen molar-refractivity contribution in [3.8, 4) is 11.8 Å². The lowest BCUT2D eigenvalue weighted by Gasteiger charge is -2.24. The van der Waals surface area contributed by atoms with E-state index < -0.39 is 6.10 Å². The first kappa shape index (κ1) is 15.0. The molecule has 0 aliphatic heterocycles. The number of nitrogens with zero attached hydrogens (tertiary/aromatic N) is 2. The fourth-order valence-electron chi connectivity index (χ4n) is 1.83. The van der Waals surface area contributed by atoms with E-state index in [0.717, 1.165) is 5.56 Å². The fraction of sp³-hybridized carbons (Fsp3) is 0.467. The van der Waals surface area contributed by atoms with Crippen molar-refractivity contribution in [3.05, 3.63) is 29.3 Å². The highest BCUT2D eigenvalue weighted by molar-refractivity contribution is 5.80. The first-order valence-corrected chi connectivity index (χ1v) is 6.49. The number of hydrogen-bond acceptors (Lipinski definition) is 3. The highest BCUT2D eigenvalue weighted by Gasteiger charge is 2.20. The highest BCUT2D eigenvalue weighted by atomic mass is 16.5. The molecule has 0 spiro atoms. The molecule has 0 aromatic heterocycles. The van der Waals surface area contributed by atoms with Crippen molar-refractivity contribution in [2.24, 2.45) is 0 Å². The highest BCUT2D eigenvalue weighted by Crippen LogP contribution is 2.21. The molecule has 4 heteroatoms. The van der Waals surface area contributed by atoms with Gasteiger partial charge in [-0.25, -0.2) is 0 Å². The molecule has 0 fully saturated rings. The van der Waals surface area contributed by atoms with Gasteiger partial charge in [-0.3, -0.25) is 4.79 Å². The van der Waals surface area contributed by atoms with Crippen LogP contribution in [0.25, 0.3) is 0 Å². The minimum absolute atomic E-state index is 0.0354. The quantitative estimate of drug-likeness (QED) is 0.817. The van der Waals surface area contributed by atoms with Gasteiger partial charge in [-0.2, -0.15) is 5.26 Å². The Kier molecular flexibility index (Phi) is 5.37. The molecule has 102 valence electrons. The van der Waals surface area contributed by atoms with E-state index in [2.05, 4.69) is 6.07 Å².